The maximum Gasteiger partial charge on any atom is 0.275 e. The lowest BCUT2D eigenvalue weighted by Crippen LogP contribution is -2.33. The Bertz CT molecular complexity index is 1180. The summed E-state index contributed by atoms with van der Waals surface area (Å²) in [5.74, 6) is -1.71. The fourth-order valence-corrected chi connectivity index (χ4v) is 4.18. The van der Waals surface area contributed by atoms with Gasteiger partial charge in [0.1, 0.15) is 17.3 Å². The first-order valence-corrected chi connectivity index (χ1v) is 10.5. The molecule has 1 fully saturated rings. The quantitative estimate of drug-likeness (QED) is 0.565. The van der Waals surface area contributed by atoms with Gasteiger partial charge in [-0.2, -0.15) is 0 Å². The number of nitrogens with zero attached hydrogens (tertiary/aromatic N) is 2. The molecule has 0 bridgehead atoms. The Morgan fingerprint density at radius 3 is 2.56 bits per heavy atom. The molecule has 1 aliphatic rings. The first-order valence-electron chi connectivity index (χ1n) is 10.5. The maximum absolute atomic E-state index is 13.1. The summed E-state index contributed by atoms with van der Waals surface area (Å²) >= 11 is 0. The average Bonchev–Trinajstić information content (AvgIpc) is 3.16. The molecule has 4 N–H and O–H groups in total. The fourth-order valence-electron chi connectivity index (χ4n) is 4.18. The Hall–Kier alpha value is -3.75. The Labute approximate surface area is 184 Å². The Morgan fingerprint density at radius 1 is 1.16 bits per heavy atom. The van der Waals surface area contributed by atoms with Crippen LogP contribution in [-0.2, 0) is 4.79 Å². The number of amides is 3. The van der Waals surface area contributed by atoms with Crippen LogP contribution in [0.5, 0.6) is 0 Å². The highest BCUT2D eigenvalue weighted by Gasteiger charge is 2.26. The van der Waals surface area contributed by atoms with E-state index in [9.17, 15) is 18.8 Å². The molecule has 0 spiro atoms. The predicted octanol–water partition coefficient (Wildman–Crippen LogP) is 3.60. The number of hydrogen-bond acceptors (Lipinski definition) is 4. The van der Waals surface area contributed by atoms with Crippen molar-refractivity contribution in [1.29, 1.82) is 0 Å². The van der Waals surface area contributed by atoms with E-state index in [2.05, 4.69) is 15.3 Å². The van der Waals surface area contributed by atoms with Gasteiger partial charge in [0.15, 0.2) is 0 Å². The van der Waals surface area contributed by atoms with E-state index in [-0.39, 0.29) is 28.9 Å². The zero-order valence-corrected chi connectivity index (χ0v) is 17.7. The number of primary amides is 1. The minimum Gasteiger partial charge on any atom is -0.365 e. The van der Waals surface area contributed by atoms with Crippen LogP contribution in [-0.4, -0.2) is 34.7 Å². The molecular weight excluding hydrogens is 413 g/mol. The molecule has 3 amide bonds. The highest BCUT2D eigenvalue weighted by atomic mass is 19.1. The number of H-pyrrole nitrogens is 1. The van der Waals surface area contributed by atoms with E-state index in [1.165, 1.54) is 12.5 Å². The van der Waals surface area contributed by atoms with Crippen LogP contribution in [0.3, 0.4) is 0 Å². The monoisotopic (exact) mass is 437 g/mol. The molecule has 3 aromatic rings. The van der Waals surface area contributed by atoms with Gasteiger partial charge >= 0.3 is 0 Å². The Balaban J connectivity index is 1.63. The highest BCUT2D eigenvalue weighted by Crippen LogP contribution is 2.31. The van der Waals surface area contributed by atoms with Crippen molar-refractivity contribution in [3.63, 3.8) is 0 Å². The van der Waals surface area contributed by atoms with Crippen molar-refractivity contribution in [3.05, 3.63) is 53.6 Å². The average molecular weight is 437 g/mol. The molecule has 1 aromatic carbocycles. The third kappa shape index (κ3) is 4.18. The van der Waals surface area contributed by atoms with Crippen LogP contribution >= 0.6 is 0 Å². The number of carbonyl (C=O) groups excluding carboxylic acids is 3. The Morgan fingerprint density at radius 2 is 1.91 bits per heavy atom. The number of nitrogens with two attached hydrogens (primary N) is 1. The van der Waals surface area contributed by atoms with Gasteiger partial charge in [-0.15, -0.1) is 0 Å². The summed E-state index contributed by atoms with van der Waals surface area (Å²) in [6.45, 7) is 0. The first-order chi connectivity index (χ1) is 15.3. The molecular formula is C23H24FN5O3. The van der Waals surface area contributed by atoms with Gasteiger partial charge in [0.2, 0.25) is 5.91 Å². The number of benzene rings is 1. The number of nitrogens with one attached hydrogen (secondary N) is 2. The molecule has 2 heterocycles. The van der Waals surface area contributed by atoms with Gasteiger partial charge in [0, 0.05) is 29.6 Å². The second-order valence-electron chi connectivity index (χ2n) is 8.02. The van der Waals surface area contributed by atoms with Crippen LogP contribution in [0.2, 0.25) is 0 Å². The van der Waals surface area contributed by atoms with E-state index in [4.69, 9.17) is 5.73 Å². The van der Waals surface area contributed by atoms with Gasteiger partial charge in [-0.1, -0.05) is 19.3 Å². The molecule has 0 saturated heterocycles. The van der Waals surface area contributed by atoms with Crippen molar-refractivity contribution in [2.24, 2.45) is 11.7 Å². The number of rotatable bonds is 5. The van der Waals surface area contributed by atoms with E-state index in [0.717, 1.165) is 37.9 Å². The summed E-state index contributed by atoms with van der Waals surface area (Å²) in [7, 11) is 1.74. The smallest absolute Gasteiger partial charge is 0.275 e. The molecule has 166 valence electrons. The maximum atomic E-state index is 13.1. The summed E-state index contributed by atoms with van der Waals surface area (Å²) < 4.78 is 13.1. The van der Waals surface area contributed by atoms with Crippen molar-refractivity contribution in [2.75, 3.05) is 17.3 Å². The summed E-state index contributed by atoms with van der Waals surface area (Å²) in [5, 5.41) is 3.10. The van der Waals surface area contributed by atoms with Crippen LogP contribution in [0.15, 0.2) is 36.5 Å². The van der Waals surface area contributed by atoms with Crippen LogP contribution in [0.25, 0.3) is 10.9 Å². The molecule has 1 aliphatic carbocycles. The number of hydrogen-bond donors (Lipinski definition) is 3. The normalized spacial score (nSPS) is 14.3. The zero-order chi connectivity index (χ0) is 22.8. The van der Waals surface area contributed by atoms with Crippen molar-refractivity contribution >= 4 is 40.1 Å². The largest absolute Gasteiger partial charge is 0.365 e. The fraction of sp³-hybridized carbons (Fsp3) is 0.304. The molecule has 9 heteroatoms. The second kappa shape index (κ2) is 8.78. The van der Waals surface area contributed by atoms with Crippen molar-refractivity contribution in [2.45, 2.75) is 32.1 Å². The predicted molar refractivity (Wildman–Crippen MR) is 119 cm³/mol. The molecule has 1 saturated carbocycles. The van der Waals surface area contributed by atoms with Gasteiger partial charge in [-0.05, 0) is 43.2 Å². The number of pyridine rings is 1. The molecule has 4 rings (SSSR count). The van der Waals surface area contributed by atoms with E-state index in [0.29, 0.717) is 16.6 Å². The first kappa shape index (κ1) is 21.5. The zero-order valence-electron chi connectivity index (χ0n) is 17.7. The molecule has 0 atom stereocenters. The van der Waals surface area contributed by atoms with Crippen molar-refractivity contribution < 1.29 is 18.8 Å². The van der Waals surface area contributed by atoms with Gasteiger partial charge in [0.25, 0.3) is 11.8 Å². The molecule has 8 nitrogen and oxygen atoms in total. The lowest BCUT2D eigenvalue weighted by molar-refractivity contribution is -0.123. The molecule has 0 radical (unpaired) electrons. The van der Waals surface area contributed by atoms with Crippen LogP contribution < -0.4 is 16.0 Å². The summed E-state index contributed by atoms with van der Waals surface area (Å²) in [4.78, 5) is 45.9. The van der Waals surface area contributed by atoms with E-state index < -0.39 is 17.6 Å². The van der Waals surface area contributed by atoms with Gasteiger partial charge in [-0.3, -0.25) is 14.4 Å². The minimum atomic E-state index is -0.724. The third-order valence-corrected chi connectivity index (χ3v) is 5.90. The topological polar surface area (TPSA) is 121 Å². The lowest BCUT2D eigenvalue weighted by Gasteiger charge is -2.26. The number of fused-ring (bicyclic) bond motifs is 1. The molecule has 0 aliphatic heterocycles. The van der Waals surface area contributed by atoms with Crippen molar-refractivity contribution in [3.8, 4) is 0 Å². The minimum absolute atomic E-state index is 0.0148. The Kier molecular flexibility index (Phi) is 5.89. The molecule has 2 aromatic heterocycles. The summed E-state index contributed by atoms with van der Waals surface area (Å²) in [6.07, 6.45) is 6.02. The van der Waals surface area contributed by atoms with Gasteiger partial charge < -0.3 is 20.9 Å². The number of aromatic amines is 1. The van der Waals surface area contributed by atoms with Crippen LogP contribution in [0.1, 0.15) is 53.0 Å². The highest BCUT2D eigenvalue weighted by molar-refractivity contribution is 6.15. The SMILES string of the molecule is CN(C(=O)C1CCCCC1)c1ccc2c(C(N)=O)c(NC(=O)c3ccc(F)cn3)[nH]c2c1. The van der Waals surface area contributed by atoms with Crippen LogP contribution in [0.4, 0.5) is 15.9 Å². The number of anilines is 2. The standard InChI is InChI=1S/C23H24FN5O3/c1-29(23(32)13-5-3-2-4-6-13)15-8-9-16-18(11-15)27-21(19(16)20(25)30)28-22(31)17-10-7-14(24)12-26-17/h7-13,27H,2-6H2,1H3,(H2,25,30)(H,28,31). The van der Waals surface area contributed by atoms with E-state index in [1.54, 1.807) is 30.1 Å². The summed E-state index contributed by atoms with van der Waals surface area (Å²) in [6, 6.07) is 7.54. The number of aromatic nitrogens is 2. The molecule has 32 heavy (non-hydrogen) atoms. The molecule has 0 unspecified atom stereocenters. The summed E-state index contributed by atoms with van der Waals surface area (Å²) in [5.41, 5.74) is 6.88. The van der Waals surface area contributed by atoms with E-state index in [1.807, 2.05) is 0 Å². The van der Waals surface area contributed by atoms with Gasteiger partial charge in [0.05, 0.1) is 11.8 Å². The van der Waals surface area contributed by atoms with Crippen LogP contribution in [0, 0.1) is 11.7 Å². The van der Waals surface area contributed by atoms with Crippen molar-refractivity contribution in [1.82, 2.24) is 9.97 Å². The third-order valence-electron chi connectivity index (χ3n) is 5.90. The number of carbonyl (C=O) groups is 3. The second-order valence-corrected chi connectivity index (χ2v) is 8.02. The van der Waals surface area contributed by atoms with Gasteiger partial charge in [-0.25, -0.2) is 9.37 Å². The number of halogens is 1. The lowest BCUT2D eigenvalue weighted by atomic mass is 9.88. The van der Waals surface area contributed by atoms with E-state index >= 15 is 0 Å².